The Balaban J connectivity index is 1.52. The molecule has 0 saturated heterocycles. The number of hydrogen-bond acceptors (Lipinski definition) is 5. The summed E-state index contributed by atoms with van der Waals surface area (Å²) in [5.41, 5.74) is 0.758. The fourth-order valence-electron chi connectivity index (χ4n) is 3.58. The molecule has 14 heteroatoms. The minimum absolute atomic E-state index is 0.0225. The van der Waals surface area contributed by atoms with E-state index < -0.39 is 23.6 Å². The highest BCUT2D eigenvalue weighted by atomic mass is 35.5. The zero-order valence-corrected chi connectivity index (χ0v) is 23.6. The van der Waals surface area contributed by atoms with Gasteiger partial charge in [-0.1, -0.05) is 58.7 Å². The van der Waals surface area contributed by atoms with E-state index in [0.717, 1.165) is 35.5 Å². The largest absolute Gasteiger partial charge is 0.416 e. The van der Waals surface area contributed by atoms with Gasteiger partial charge in [-0.05, 0) is 61.0 Å². The first kappa shape index (κ1) is 29.7. The maximum atomic E-state index is 13.1. The molecule has 3 aromatic carbocycles. The summed E-state index contributed by atoms with van der Waals surface area (Å²) < 4.78 is 40.9. The molecule has 0 atom stereocenters. The Morgan fingerprint density at radius 1 is 0.975 bits per heavy atom. The van der Waals surface area contributed by atoms with Gasteiger partial charge in [0.05, 0.1) is 39.2 Å². The van der Waals surface area contributed by atoms with E-state index in [1.165, 1.54) is 12.1 Å². The zero-order chi connectivity index (χ0) is 29.0. The second-order valence-corrected chi connectivity index (χ2v) is 10.6. The van der Waals surface area contributed by atoms with Crippen LogP contribution >= 0.6 is 46.6 Å². The Kier molecular flexibility index (Phi) is 9.29. The number of carbonyl (C=O) groups is 2. The van der Waals surface area contributed by atoms with Crippen molar-refractivity contribution < 1.29 is 22.8 Å². The molecule has 4 rings (SSSR count). The van der Waals surface area contributed by atoms with Gasteiger partial charge in [0.2, 0.25) is 5.91 Å². The number of halogens is 6. The molecule has 0 radical (unpaired) electrons. The van der Waals surface area contributed by atoms with E-state index in [1.807, 2.05) is 31.2 Å². The number of thioether (sulfide) groups is 1. The third kappa shape index (κ3) is 7.28. The monoisotopic (exact) mass is 627 g/mol. The van der Waals surface area contributed by atoms with Crippen molar-refractivity contribution >= 4 is 64.1 Å². The molecule has 0 bridgehead atoms. The van der Waals surface area contributed by atoms with Crippen molar-refractivity contribution in [1.82, 2.24) is 20.1 Å². The molecule has 1 aromatic heterocycles. The summed E-state index contributed by atoms with van der Waals surface area (Å²) in [6, 6.07) is 14.6. The van der Waals surface area contributed by atoms with E-state index in [0.29, 0.717) is 21.7 Å². The van der Waals surface area contributed by atoms with Gasteiger partial charge in [-0.2, -0.15) is 13.2 Å². The van der Waals surface area contributed by atoms with E-state index in [2.05, 4.69) is 20.8 Å². The smallest absolute Gasteiger partial charge is 0.345 e. The summed E-state index contributed by atoms with van der Waals surface area (Å²) >= 11 is 19.0. The van der Waals surface area contributed by atoms with Crippen LogP contribution in [0, 0.1) is 6.92 Å². The molecule has 0 unspecified atom stereocenters. The molecule has 1 heterocycles. The van der Waals surface area contributed by atoms with Crippen molar-refractivity contribution in [1.29, 1.82) is 0 Å². The van der Waals surface area contributed by atoms with Crippen LogP contribution in [-0.4, -0.2) is 32.3 Å². The average Bonchev–Trinajstić information content (AvgIpc) is 3.29. The van der Waals surface area contributed by atoms with Gasteiger partial charge in [-0.15, -0.1) is 10.2 Å². The summed E-state index contributed by atoms with van der Waals surface area (Å²) in [5.74, 6) is -0.888. The van der Waals surface area contributed by atoms with E-state index in [4.69, 9.17) is 34.8 Å². The van der Waals surface area contributed by atoms with E-state index >= 15 is 0 Å². The molecule has 7 nitrogen and oxygen atoms in total. The lowest BCUT2D eigenvalue weighted by Crippen LogP contribution is -2.25. The third-order valence-electron chi connectivity index (χ3n) is 5.44. The van der Waals surface area contributed by atoms with Crippen LogP contribution in [0.1, 0.15) is 27.3 Å². The molecule has 0 aliphatic carbocycles. The summed E-state index contributed by atoms with van der Waals surface area (Å²) in [5, 5.41) is 14.4. The zero-order valence-electron chi connectivity index (χ0n) is 20.5. The van der Waals surface area contributed by atoms with Crippen molar-refractivity contribution in [2.45, 2.75) is 24.8 Å². The quantitative estimate of drug-likeness (QED) is 0.201. The van der Waals surface area contributed by atoms with Gasteiger partial charge in [-0.25, -0.2) is 0 Å². The molecule has 40 heavy (non-hydrogen) atoms. The number of aromatic nitrogens is 3. The van der Waals surface area contributed by atoms with Gasteiger partial charge in [0.1, 0.15) is 0 Å². The van der Waals surface area contributed by atoms with Crippen LogP contribution in [0.25, 0.3) is 5.69 Å². The maximum absolute atomic E-state index is 13.1. The molecule has 208 valence electrons. The predicted molar refractivity (Wildman–Crippen MR) is 150 cm³/mol. The molecule has 2 amide bonds. The Hall–Kier alpha value is -3.25. The molecular weight excluding hydrogens is 610 g/mol. The topological polar surface area (TPSA) is 88.9 Å². The highest BCUT2D eigenvalue weighted by Gasteiger charge is 2.31. The van der Waals surface area contributed by atoms with E-state index in [-0.39, 0.29) is 33.6 Å². The normalized spacial score (nSPS) is 11.4. The Labute approximate surface area is 246 Å². The van der Waals surface area contributed by atoms with Gasteiger partial charge in [-0.3, -0.25) is 14.2 Å². The lowest BCUT2D eigenvalue weighted by atomic mass is 10.2. The molecular formula is C26H19Cl3F3N5O2S. The number of amides is 2. The van der Waals surface area contributed by atoms with E-state index in [9.17, 15) is 22.8 Å². The number of rotatable bonds is 8. The van der Waals surface area contributed by atoms with Crippen LogP contribution in [0.3, 0.4) is 0 Å². The molecule has 0 spiro atoms. The van der Waals surface area contributed by atoms with Crippen LogP contribution in [-0.2, 0) is 17.5 Å². The number of carbonyl (C=O) groups excluding carboxylic acids is 2. The lowest BCUT2D eigenvalue weighted by Gasteiger charge is -2.13. The van der Waals surface area contributed by atoms with Crippen molar-refractivity contribution in [3.63, 3.8) is 0 Å². The molecule has 0 saturated carbocycles. The molecule has 0 fully saturated rings. The first-order valence-corrected chi connectivity index (χ1v) is 13.6. The molecule has 4 aromatic rings. The molecule has 2 N–H and O–H groups in total. The predicted octanol–water partition coefficient (Wildman–Crippen LogP) is 7.22. The number of nitrogens with zero attached hydrogens (tertiary/aromatic N) is 3. The Morgan fingerprint density at radius 2 is 1.75 bits per heavy atom. The van der Waals surface area contributed by atoms with Crippen LogP contribution in [0.4, 0.5) is 18.9 Å². The Morgan fingerprint density at radius 3 is 2.45 bits per heavy atom. The van der Waals surface area contributed by atoms with Gasteiger partial charge >= 0.3 is 6.18 Å². The minimum atomic E-state index is -4.59. The highest BCUT2D eigenvalue weighted by molar-refractivity contribution is 7.99. The fraction of sp³-hybridized carbons (Fsp3) is 0.154. The third-order valence-corrected chi connectivity index (χ3v) is 7.25. The van der Waals surface area contributed by atoms with Crippen molar-refractivity contribution in [3.8, 4) is 5.69 Å². The summed E-state index contributed by atoms with van der Waals surface area (Å²) in [7, 11) is 0. The van der Waals surface area contributed by atoms with E-state index in [1.54, 1.807) is 10.6 Å². The van der Waals surface area contributed by atoms with Crippen molar-refractivity contribution in [2.24, 2.45) is 0 Å². The van der Waals surface area contributed by atoms with Gasteiger partial charge in [0.15, 0.2) is 11.0 Å². The minimum Gasteiger partial charge on any atom is -0.345 e. The van der Waals surface area contributed by atoms with Crippen LogP contribution in [0.2, 0.25) is 15.1 Å². The number of benzene rings is 3. The highest BCUT2D eigenvalue weighted by Crippen LogP contribution is 2.34. The van der Waals surface area contributed by atoms with Gasteiger partial charge < -0.3 is 10.6 Å². The molecule has 0 aliphatic heterocycles. The van der Waals surface area contributed by atoms with Crippen LogP contribution in [0.5, 0.6) is 0 Å². The van der Waals surface area contributed by atoms with Crippen molar-refractivity contribution in [2.75, 3.05) is 11.1 Å². The number of aryl methyl sites for hydroxylation is 1. The van der Waals surface area contributed by atoms with Crippen LogP contribution < -0.4 is 10.6 Å². The van der Waals surface area contributed by atoms with Gasteiger partial charge in [0, 0.05) is 10.7 Å². The Bertz CT molecular complexity index is 1580. The first-order chi connectivity index (χ1) is 18.9. The second-order valence-electron chi connectivity index (χ2n) is 8.41. The number of alkyl halides is 3. The summed E-state index contributed by atoms with van der Waals surface area (Å²) in [4.78, 5) is 25.4. The number of nitrogens with one attached hydrogen (secondary N) is 2. The first-order valence-electron chi connectivity index (χ1n) is 11.5. The lowest BCUT2D eigenvalue weighted by molar-refractivity contribution is -0.137. The SMILES string of the molecule is Cc1cccc(-n2c(CNC(=O)c3ccc(Cl)cc3Cl)nnc2SCC(=O)Nc2cc(C(F)(F)F)ccc2Cl)c1. The van der Waals surface area contributed by atoms with Crippen LogP contribution in [0.15, 0.2) is 65.8 Å². The number of hydrogen-bond donors (Lipinski definition) is 2. The summed E-state index contributed by atoms with van der Waals surface area (Å²) in [6.07, 6.45) is -4.59. The fourth-order valence-corrected chi connectivity index (χ4v) is 5.01. The maximum Gasteiger partial charge on any atom is 0.416 e. The number of anilines is 1. The van der Waals surface area contributed by atoms with Crippen molar-refractivity contribution in [3.05, 3.63) is 98.2 Å². The summed E-state index contributed by atoms with van der Waals surface area (Å²) in [6.45, 7) is 1.88. The molecule has 0 aliphatic rings. The standard InChI is InChI=1S/C26H19Cl3F3N5O2S/c1-14-3-2-4-17(9-14)37-22(12-33-24(39)18-7-6-16(27)11-20(18)29)35-36-25(37)40-13-23(38)34-21-10-15(26(30,31)32)5-8-19(21)28/h2-11H,12-13H2,1H3,(H,33,39)(H,34,38). The van der Waals surface area contributed by atoms with Gasteiger partial charge in [0.25, 0.3) is 5.91 Å². The average molecular weight is 629 g/mol. The second kappa shape index (κ2) is 12.5.